The van der Waals surface area contributed by atoms with Crippen LogP contribution in [0.25, 0.3) is 0 Å². The Morgan fingerprint density at radius 3 is 2.22 bits per heavy atom. The van der Waals surface area contributed by atoms with Crippen LogP contribution in [0.2, 0.25) is 0 Å². The van der Waals surface area contributed by atoms with Gasteiger partial charge in [-0.05, 0) is 49.9 Å². The van der Waals surface area contributed by atoms with Crippen LogP contribution in [-0.2, 0) is 6.42 Å². The Morgan fingerprint density at radius 1 is 1.17 bits per heavy atom. The maximum atomic E-state index is 6.48. The molecule has 2 heteroatoms. The van der Waals surface area contributed by atoms with Gasteiger partial charge in [0.2, 0.25) is 0 Å². The molecule has 2 N–H and O–H groups in total. The van der Waals surface area contributed by atoms with Gasteiger partial charge in [-0.15, -0.1) is 0 Å². The number of benzene rings is 1. The first-order chi connectivity index (χ1) is 8.49. The molecule has 1 aliphatic rings. The first-order valence-electron chi connectivity index (χ1n) is 7.12. The third-order valence-electron chi connectivity index (χ3n) is 4.04. The van der Waals surface area contributed by atoms with E-state index >= 15 is 0 Å². The third kappa shape index (κ3) is 3.12. The molecular formula is C16H26N2. The Kier molecular flexibility index (Phi) is 4.08. The van der Waals surface area contributed by atoms with E-state index < -0.39 is 0 Å². The lowest BCUT2D eigenvalue weighted by Crippen LogP contribution is -2.53. The van der Waals surface area contributed by atoms with Gasteiger partial charge in [0.25, 0.3) is 0 Å². The van der Waals surface area contributed by atoms with E-state index in [0.29, 0.717) is 5.92 Å². The number of likely N-dealkylation sites (tertiary alicyclic amines) is 1. The van der Waals surface area contributed by atoms with Crippen LogP contribution >= 0.6 is 0 Å². The van der Waals surface area contributed by atoms with Crippen molar-refractivity contribution < 1.29 is 0 Å². The van der Waals surface area contributed by atoms with E-state index in [0.717, 1.165) is 19.5 Å². The molecule has 0 amide bonds. The first kappa shape index (κ1) is 13.6. The summed E-state index contributed by atoms with van der Waals surface area (Å²) in [4.78, 5) is 2.42. The minimum atomic E-state index is -0.199. The van der Waals surface area contributed by atoms with E-state index in [4.69, 9.17) is 5.73 Å². The molecule has 2 nitrogen and oxygen atoms in total. The van der Waals surface area contributed by atoms with E-state index in [1.165, 1.54) is 24.0 Å². The van der Waals surface area contributed by atoms with Crippen molar-refractivity contribution in [2.75, 3.05) is 13.1 Å². The molecule has 0 bridgehead atoms. The van der Waals surface area contributed by atoms with Crippen LogP contribution in [-0.4, -0.2) is 23.7 Å². The Hall–Kier alpha value is -0.860. The zero-order valence-electron chi connectivity index (χ0n) is 11.9. The number of nitrogens with zero attached hydrogens (tertiary/aromatic N) is 1. The van der Waals surface area contributed by atoms with Crippen LogP contribution in [0.3, 0.4) is 0 Å². The van der Waals surface area contributed by atoms with Crippen LogP contribution in [0.15, 0.2) is 24.3 Å². The van der Waals surface area contributed by atoms with Gasteiger partial charge in [0.15, 0.2) is 0 Å². The first-order valence-corrected chi connectivity index (χ1v) is 7.12. The molecule has 1 unspecified atom stereocenters. The third-order valence-corrected chi connectivity index (χ3v) is 4.04. The minimum Gasteiger partial charge on any atom is -0.313 e. The lowest BCUT2D eigenvalue weighted by atomic mass is 9.97. The van der Waals surface area contributed by atoms with Crippen molar-refractivity contribution in [3.05, 3.63) is 35.4 Å². The summed E-state index contributed by atoms with van der Waals surface area (Å²) in [5.41, 5.74) is 9.02. The molecule has 1 aromatic rings. The van der Waals surface area contributed by atoms with Gasteiger partial charge in [-0.1, -0.05) is 38.1 Å². The number of rotatable bonds is 4. The maximum absolute atomic E-state index is 6.48. The predicted molar refractivity (Wildman–Crippen MR) is 77.6 cm³/mol. The summed E-state index contributed by atoms with van der Waals surface area (Å²) in [6.07, 6.45) is 3.52. The number of hydrogen-bond acceptors (Lipinski definition) is 2. The van der Waals surface area contributed by atoms with Crippen LogP contribution in [0.5, 0.6) is 0 Å². The molecule has 1 fully saturated rings. The molecule has 18 heavy (non-hydrogen) atoms. The summed E-state index contributed by atoms with van der Waals surface area (Å²) in [6.45, 7) is 8.92. The Morgan fingerprint density at radius 2 is 1.72 bits per heavy atom. The Bertz CT molecular complexity index is 373. The summed E-state index contributed by atoms with van der Waals surface area (Å²) in [5.74, 6) is 0.599. The highest BCUT2D eigenvalue weighted by Crippen LogP contribution is 2.22. The lowest BCUT2D eigenvalue weighted by molar-refractivity contribution is 0.142. The topological polar surface area (TPSA) is 29.3 Å². The fraction of sp³-hybridized carbons (Fsp3) is 0.625. The molecule has 0 spiro atoms. The smallest absolute Gasteiger partial charge is 0.0699 e. The van der Waals surface area contributed by atoms with Gasteiger partial charge >= 0.3 is 0 Å². The predicted octanol–water partition coefficient (Wildman–Crippen LogP) is 3.12. The lowest BCUT2D eigenvalue weighted by Gasteiger charge is -2.35. The van der Waals surface area contributed by atoms with Crippen LogP contribution < -0.4 is 5.73 Å². The van der Waals surface area contributed by atoms with E-state index in [-0.39, 0.29) is 5.66 Å². The molecule has 0 saturated carbocycles. The Balaban J connectivity index is 2.03. The van der Waals surface area contributed by atoms with E-state index in [2.05, 4.69) is 49.9 Å². The van der Waals surface area contributed by atoms with Crippen molar-refractivity contribution in [3.8, 4) is 0 Å². The van der Waals surface area contributed by atoms with Crippen molar-refractivity contribution in [2.24, 2.45) is 5.73 Å². The molecule has 0 radical (unpaired) electrons. The van der Waals surface area contributed by atoms with E-state index in [1.54, 1.807) is 0 Å². The molecule has 1 aromatic carbocycles. The SMILES string of the molecule is CC(C)c1ccc(CC(C)(N)N2CCCC2)cc1. The average molecular weight is 246 g/mol. The second-order valence-corrected chi connectivity index (χ2v) is 6.12. The van der Waals surface area contributed by atoms with Gasteiger partial charge in [0.1, 0.15) is 0 Å². The second-order valence-electron chi connectivity index (χ2n) is 6.12. The van der Waals surface area contributed by atoms with E-state index in [9.17, 15) is 0 Å². The second kappa shape index (κ2) is 5.41. The molecule has 2 rings (SSSR count). The maximum Gasteiger partial charge on any atom is 0.0699 e. The van der Waals surface area contributed by atoms with Crippen molar-refractivity contribution in [3.63, 3.8) is 0 Å². The largest absolute Gasteiger partial charge is 0.313 e. The zero-order valence-corrected chi connectivity index (χ0v) is 11.9. The summed E-state index contributed by atoms with van der Waals surface area (Å²) in [5, 5.41) is 0. The molecule has 1 aliphatic heterocycles. The van der Waals surface area contributed by atoms with Gasteiger partial charge in [0.05, 0.1) is 5.66 Å². The molecular weight excluding hydrogens is 220 g/mol. The monoisotopic (exact) mass is 246 g/mol. The Labute approximate surface area is 111 Å². The summed E-state index contributed by atoms with van der Waals surface area (Å²) in [6, 6.07) is 8.94. The highest BCUT2D eigenvalue weighted by molar-refractivity contribution is 5.25. The van der Waals surface area contributed by atoms with Gasteiger partial charge in [0, 0.05) is 6.42 Å². The normalized spacial score (nSPS) is 20.3. The molecule has 100 valence electrons. The van der Waals surface area contributed by atoms with E-state index in [1.807, 2.05) is 0 Å². The zero-order chi connectivity index (χ0) is 13.2. The molecule has 0 aromatic heterocycles. The minimum absolute atomic E-state index is 0.199. The van der Waals surface area contributed by atoms with Gasteiger partial charge in [-0.2, -0.15) is 0 Å². The fourth-order valence-electron chi connectivity index (χ4n) is 2.77. The van der Waals surface area contributed by atoms with Gasteiger partial charge < -0.3 is 5.73 Å². The van der Waals surface area contributed by atoms with Crippen molar-refractivity contribution >= 4 is 0 Å². The molecule has 0 aliphatic carbocycles. The summed E-state index contributed by atoms with van der Waals surface area (Å²) in [7, 11) is 0. The standard InChI is InChI=1S/C16H26N2/c1-13(2)15-8-6-14(7-9-15)12-16(3,17)18-10-4-5-11-18/h6-9,13H,4-5,10-12,17H2,1-3H3. The number of nitrogens with two attached hydrogens (primary N) is 1. The summed E-state index contributed by atoms with van der Waals surface area (Å²) < 4.78 is 0. The average Bonchev–Trinajstić information content (AvgIpc) is 2.83. The highest BCUT2D eigenvalue weighted by Gasteiger charge is 2.29. The molecule has 1 saturated heterocycles. The highest BCUT2D eigenvalue weighted by atomic mass is 15.3. The van der Waals surface area contributed by atoms with Crippen LogP contribution in [0, 0.1) is 0 Å². The molecule has 1 atom stereocenters. The van der Waals surface area contributed by atoms with Gasteiger partial charge in [-0.25, -0.2) is 0 Å². The quantitative estimate of drug-likeness (QED) is 0.884. The van der Waals surface area contributed by atoms with Crippen molar-refractivity contribution in [1.29, 1.82) is 0 Å². The van der Waals surface area contributed by atoms with Crippen LogP contribution in [0.1, 0.15) is 50.7 Å². The van der Waals surface area contributed by atoms with Crippen molar-refractivity contribution in [2.45, 2.75) is 51.6 Å². The fourth-order valence-corrected chi connectivity index (χ4v) is 2.77. The van der Waals surface area contributed by atoms with Crippen LogP contribution in [0.4, 0.5) is 0 Å². The number of hydrogen-bond donors (Lipinski definition) is 1. The summed E-state index contributed by atoms with van der Waals surface area (Å²) >= 11 is 0. The van der Waals surface area contributed by atoms with Gasteiger partial charge in [-0.3, -0.25) is 4.90 Å². The van der Waals surface area contributed by atoms with Crippen molar-refractivity contribution in [1.82, 2.24) is 4.90 Å². The molecule has 1 heterocycles.